The Labute approximate surface area is 150 Å². The molecule has 2 aromatic heterocycles. The van der Waals surface area contributed by atoms with E-state index in [0.29, 0.717) is 17.8 Å². The third-order valence-electron chi connectivity index (χ3n) is 7.51. The van der Waals surface area contributed by atoms with E-state index >= 15 is 0 Å². The highest BCUT2D eigenvalue weighted by molar-refractivity contribution is 5.87. The predicted octanol–water partition coefficient (Wildman–Crippen LogP) is 2.15. The molecule has 5 aliphatic rings. The van der Waals surface area contributed by atoms with Gasteiger partial charge in [-0.1, -0.05) is 12.2 Å². The lowest BCUT2D eigenvalue weighted by atomic mass is 9.47. The van der Waals surface area contributed by atoms with Gasteiger partial charge in [-0.2, -0.15) is 0 Å². The predicted molar refractivity (Wildman–Crippen MR) is 97.3 cm³/mol. The first-order chi connectivity index (χ1) is 12.6. The summed E-state index contributed by atoms with van der Waals surface area (Å²) in [6, 6.07) is 0.167. The van der Waals surface area contributed by atoms with Crippen molar-refractivity contribution in [3.63, 3.8) is 0 Å². The fraction of sp³-hybridized carbons (Fsp3) is 0.550. The standard InChI is InChI=1S/C20H22N4O2/c21-18(25)20-6-10-4-11(7-20)16(12(5-10)8-20)24-17-13-2-1-3-14(13)22-9-15(17)23-19(24)26/h1-2,9-12,16H,3-8H2,(H2,21,25)(H,23,26). The quantitative estimate of drug-likeness (QED) is 0.869. The van der Waals surface area contributed by atoms with E-state index in [1.165, 1.54) is 0 Å². The number of fused-ring (bicyclic) bond motifs is 3. The summed E-state index contributed by atoms with van der Waals surface area (Å²) in [4.78, 5) is 32.7. The topological polar surface area (TPSA) is 93.8 Å². The smallest absolute Gasteiger partial charge is 0.326 e. The summed E-state index contributed by atoms with van der Waals surface area (Å²) in [7, 11) is 0. The van der Waals surface area contributed by atoms with Gasteiger partial charge in [0.25, 0.3) is 0 Å². The van der Waals surface area contributed by atoms with Crippen LogP contribution in [-0.4, -0.2) is 20.4 Å². The SMILES string of the molecule is NC(=O)C12CC3CC(C1)C(n1c(=O)[nH]c4cnc5c(c41)C=CC5)C(C3)C2. The molecule has 2 heterocycles. The monoisotopic (exact) mass is 350 g/mol. The molecule has 26 heavy (non-hydrogen) atoms. The molecule has 2 atom stereocenters. The third-order valence-corrected chi connectivity index (χ3v) is 7.51. The number of rotatable bonds is 2. The minimum absolute atomic E-state index is 0.0406. The summed E-state index contributed by atoms with van der Waals surface area (Å²) in [5, 5.41) is 0. The number of carbonyl (C=O) groups excluding carboxylic acids is 1. The number of carbonyl (C=O) groups is 1. The maximum atomic E-state index is 12.9. The van der Waals surface area contributed by atoms with E-state index < -0.39 is 0 Å². The van der Waals surface area contributed by atoms with Crippen LogP contribution in [0.25, 0.3) is 17.1 Å². The van der Waals surface area contributed by atoms with E-state index in [4.69, 9.17) is 5.73 Å². The average Bonchev–Trinajstić information content (AvgIpc) is 3.18. The highest BCUT2D eigenvalue weighted by atomic mass is 16.2. The van der Waals surface area contributed by atoms with Gasteiger partial charge in [-0.3, -0.25) is 14.3 Å². The molecule has 0 aliphatic heterocycles. The first-order valence-electron chi connectivity index (χ1n) is 9.64. The van der Waals surface area contributed by atoms with Crippen LogP contribution in [0.4, 0.5) is 0 Å². The van der Waals surface area contributed by atoms with E-state index in [2.05, 4.69) is 22.1 Å². The van der Waals surface area contributed by atoms with Crippen LogP contribution in [-0.2, 0) is 11.2 Å². The van der Waals surface area contributed by atoms with E-state index in [1.807, 2.05) is 4.57 Å². The van der Waals surface area contributed by atoms with Crippen LogP contribution < -0.4 is 11.4 Å². The van der Waals surface area contributed by atoms with Crippen LogP contribution in [0.3, 0.4) is 0 Å². The van der Waals surface area contributed by atoms with Gasteiger partial charge in [0, 0.05) is 23.4 Å². The van der Waals surface area contributed by atoms with Gasteiger partial charge < -0.3 is 10.7 Å². The first kappa shape index (κ1) is 14.8. The van der Waals surface area contributed by atoms with Gasteiger partial charge in [-0.15, -0.1) is 0 Å². The van der Waals surface area contributed by atoms with Crippen molar-refractivity contribution in [1.29, 1.82) is 0 Å². The maximum absolute atomic E-state index is 12.9. The zero-order chi connectivity index (χ0) is 17.6. The zero-order valence-corrected chi connectivity index (χ0v) is 14.6. The molecule has 6 heteroatoms. The molecule has 5 aliphatic carbocycles. The summed E-state index contributed by atoms with van der Waals surface area (Å²) in [5.74, 6) is 1.18. The lowest BCUT2D eigenvalue weighted by Crippen LogP contribution is -2.56. The highest BCUT2D eigenvalue weighted by Gasteiger charge is 2.58. The fourth-order valence-electron chi connectivity index (χ4n) is 6.81. The van der Waals surface area contributed by atoms with E-state index in [9.17, 15) is 9.59 Å². The molecule has 3 N–H and O–H groups in total. The number of amides is 1. The van der Waals surface area contributed by atoms with Gasteiger partial charge in [-0.05, 0) is 49.9 Å². The highest BCUT2D eigenvalue weighted by Crippen LogP contribution is 2.63. The molecule has 4 bridgehead atoms. The Morgan fingerprint density at radius 1 is 1.27 bits per heavy atom. The Bertz CT molecular complexity index is 1030. The molecule has 1 amide bonds. The van der Waals surface area contributed by atoms with Crippen LogP contribution in [0.1, 0.15) is 49.4 Å². The van der Waals surface area contributed by atoms with Crippen molar-refractivity contribution >= 4 is 23.0 Å². The number of primary amides is 1. The van der Waals surface area contributed by atoms with Gasteiger partial charge in [0.1, 0.15) is 0 Å². The Morgan fingerprint density at radius 3 is 2.77 bits per heavy atom. The molecule has 2 unspecified atom stereocenters. The van der Waals surface area contributed by atoms with Crippen molar-refractivity contribution in [3.05, 3.63) is 34.0 Å². The van der Waals surface area contributed by atoms with Gasteiger partial charge in [0.05, 0.1) is 22.9 Å². The van der Waals surface area contributed by atoms with Crippen LogP contribution in [0.15, 0.2) is 17.1 Å². The Hall–Kier alpha value is -2.37. The Balaban J connectivity index is 1.54. The van der Waals surface area contributed by atoms with Gasteiger partial charge in [0.15, 0.2) is 0 Å². The summed E-state index contributed by atoms with van der Waals surface area (Å²) < 4.78 is 2.01. The lowest BCUT2D eigenvalue weighted by molar-refractivity contribution is -0.148. The lowest BCUT2D eigenvalue weighted by Gasteiger charge is -2.58. The van der Waals surface area contributed by atoms with Crippen molar-refractivity contribution in [2.75, 3.05) is 0 Å². The second kappa shape index (κ2) is 4.67. The fourth-order valence-corrected chi connectivity index (χ4v) is 6.81. The number of pyridine rings is 1. The number of nitrogens with one attached hydrogen (secondary N) is 1. The zero-order valence-electron chi connectivity index (χ0n) is 14.6. The number of hydrogen-bond acceptors (Lipinski definition) is 3. The molecule has 0 aromatic carbocycles. The minimum atomic E-state index is -0.327. The van der Waals surface area contributed by atoms with Crippen molar-refractivity contribution < 1.29 is 4.79 Å². The number of allylic oxidation sites excluding steroid dienone is 1. The van der Waals surface area contributed by atoms with E-state index in [0.717, 1.165) is 60.8 Å². The third kappa shape index (κ3) is 1.70. The Morgan fingerprint density at radius 2 is 2.04 bits per heavy atom. The summed E-state index contributed by atoms with van der Waals surface area (Å²) in [6.07, 6.45) is 11.7. The number of aromatic amines is 1. The summed E-state index contributed by atoms with van der Waals surface area (Å²) in [5.41, 5.74) is 9.40. The number of aromatic nitrogens is 3. The molecule has 7 rings (SSSR count). The van der Waals surface area contributed by atoms with Crippen LogP contribution in [0.2, 0.25) is 0 Å². The number of imidazole rings is 1. The van der Waals surface area contributed by atoms with Gasteiger partial charge >= 0.3 is 5.69 Å². The van der Waals surface area contributed by atoms with Gasteiger partial charge in [-0.25, -0.2) is 4.79 Å². The minimum Gasteiger partial charge on any atom is -0.369 e. The van der Waals surface area contributed by atoms with Crippen molar-refractivity contribution in [3.8, 4) is 0 Å². The van der Waals surface area contributed by atoms with Crippen LogP contribution in [0, 0.1) is 23.2 Å². The first-order valence-corrected chi connectivity index (χ1v) is 9.64. The van der Waals surface area contributed by atoms with E-state index in [-0.39, 0.29) is 23.1 Å². The normalized spacial score (nSPS) is 36.8. The van der Waals surface area contributed by atoms with Gasteiger partial charge in [0.2, 0.25) is 5.91 Å². The molecule has 0 spiro atoms. The number of nitrogens with two attached hydrogens (primary N) is 1. The molecule has 4 saturated carbocycles. The maximum Gasteiger partial charge on any atom is 0.326 e. The molecule has 0 saturated heterocycles. The van der Waals surface area contributed by atoms with Crippen molar-refractivity contribution in [2.24, 2.45) is 28.9 Å². The molecule has 134 valence electrons. The summed E-state index contributed by atoms with van der Waals surface area (Å²) >= 11 is 0. The summed E-state index contributed by atoms with van der Waals surface area (Å²) in [6.45, 7) is 0. The van der Waals surface area contributed by atoms with Crippen molar-refractivity contribution in [2.45, 2.75) is 44.6 Å². The number of nitrogens with zero attached hydrogens (tertiary/aromatic N) is 2. The van der Waals surface area contributed by atoms with E-state index in [1.54, 1.807) is 6.20 Å². The second-order valence-corrected chi connectivity index (χ2v) is 8.89. The molecule has 6 nitrogen and oxygen atoms in total. The molecular weight excluding hydrogens is 328 g/mol. The van der Waals surface area contributed by atoms with Crippen molar-refractivity contribution in [1.82, 2.24) is 14.5 Å². The number of H-pyrrole nitrogens is 1. The molecule has 0 radical (unpaired) electrons. The Kier molecular flexibility index (Phi) is 2.65. The number of hydrogen-bond donors (Lipinski definition) is 2. The van der Waals surface area contributed by atoms with Crippen LogP contribution >= 0.6 is 0 Å². The average molecular weight is 350 g/mol. The molecule has 4 fully saturated rings. The molecular formula is C20H22N4O2. The molecule has 2 aromatic rings. The van der Waals surface area contributed by atoms with Crippen LogP contribution in [0.5, 0.6) is 0 Å². The second-order valence-electron chi connectivity index (χ2n) is 8.89. The largest absolute Gasteiger partial charge is 0.369 e.